The van der Waals surface area contributed by atoms with Gasteiger partial charge in [0.25, 0.3) is 0 Å². The maximum Gasteiger partial charge on any atom is 0.305 e. The Balaban J connectivity index is 2.19. The Kier molecular flexibility index (Phi) is 3.88. The molecular weight excluding hydrogens is 275 g/mol. The van der Waals surface area contributed by atoms with Crippen molar-refractivity contribution >= 4 is 5.69 Å². The van der Waals surface area contributed by atoms with Crippen molar-refractivity contribution in [1.82, 2.24) is 0 Å². The van der Waals surface area contributed by atoms with Crippen LogP contribution in [0.3, 0.4) is 0 Å². The number of nitrogens with zero attached hydrogens (tertiary/aromatic N) is 1. The molecule has 104 valence electrons. The summed E-state index contributed by atoms with van der Waals surface area (Å²) in [6.45, 7) is -0.407. The van der Waals surface area contributed by atoms with Gasteiger partial charge in [0.1, 0.15) is 12.4 Å². The Morgan fingerprint density at radius 1 is 1.15 bits per heavy atom. The van der Waals surface area contributed by atoms with Gasteiger partial charge in [0.2, 0.25) is 5.82 Å². The van der Waals surface area contributed by atoms with E-state index in [4.69, 9.17) is 4.74 Å². The molecule has 0 spiro atoms. The fourth-order valence-electron chi connectivity index (χ4n) is 1.57. The molecule has 4 nitrogen and oxygen atoms in total. The Bertz CT molecular complexity index is 661. The van der Waals surface area contributed by atoms with Gasteiger partial charge in [-0.15, -0.1) is 0 Å². The van der Waals surface area contributed by atoms with Crippen LogP contribution in [0.4, 0.5) is 18.9 Å². The standard InChI is InChI=1S/C13H8F3NO3/c14-9-4-5-12(10(15)6-9)20-7-8-2-1-3-11(13(8)16)17(18)19/h1-6H,7H2. The van der Waals surface area contributed by atoms with E-state index in [-0.39, 0.29) is 11.3 Å². The van der Waals surface area contributed by atoms with Crippen LogP contribution in [-0.2, 0) is 6.61 Å². The third kappa shape index (κ3) is 2.87. The van der Waals surface area contributed by atoms with Crippen molar-refractivity contribution in [2.45, 2.75) is 6.61 Å². The zero-order valence-electron chi connectivity index (χ0n) is 9.98. The van der Waals surface area contributed by atoms with Gasteiger partial charge in [-0.3, -0.25) is 10.1 Å². The smallest absolute Gasteiger partial charge is 0.305 e. The van der Waals surface area contributed by atoms with Crippen molar-refractivity contribution in [2.24, 2.45) is 0 Å². The highest BCUT2D eigenvalue weighted by molar-refractivity contribution is 5.36. The number of halogens is 3. The molecule has 0 amide bonds. The SMILES string of the molecule is O=[N+]([O-])c1cccc(COc2ccc(F)cc2F)c1F. The van der Waals surface area contributed by atoms with Crippen molar-refractivity contribution in [3.63, 3.8) is 0 Å². The molecule has 20 heavy (non-hydrogen) atoms. The van der Waals surface area contributed by atoms with Crippen molar-refractivity contribution in [3.05, 3.63) is 69.5 Å². The lowest BCUT2D eigenvalue weighted by atomic mass is 10.2. The third-order valence-corrected chi connectivity index (χ3v) is 2.53. The van der Waals surface area contributed by atoms with E-state index in [1.54, 1.807) is 0 Å². The van der Waals surface area contributed by atoms with Crippen LogP contribution >= 0.6 is 0 Å². The summed E-state index contributed by atoms with van der Waals surface area (Å²) in [5, 5.41) is 10.6. The van der Waals surface area contributed by atoms with Crippen LogP contribution in [0.15, 0.2) is 36.4 Å². The number of nitro groups is 1. The molecule has 7 heteroatoms. The average molecular weight is 283 g/mol. The lowest BCUT2D eigenvalue weighted by molar-refractivity contribution is -0.387. The topological polar surface area (TPSA) is 52.4 Å². The number of hydrogen-bond acceptors (Lipinski definition) is 3. The summed E-state index contributed by atoms with van der Waals surface area (Å²) < 4.78 is 44.7. The largest absolute Gasteiger partial charge is 0.486 e. The second-order valence-corrected chi connectivity index (χ2v) is 3.87. The zero-order valence-corrected chi connectivity index (χ0v) is 9.98. The van der Waals surface area contributed by atoms with Crippen LogP contribution < -0.4 is 4.74 Å². The van der Waals surface area contributed by atoms with Gasteiger partial charge >= 0.3 is 5.69 Å². The summed E-state index contributed by atoms with van der Waals surface area (Å²) in [6.07, 6.45) is 0. The van der Waals surface area contributed by atoms with Crippen LogP contribution in [0.1, 0.15) is 5.56 Å². The summed E-state index contributed by atoms with van der Waals surface area (Å²) >= 11 is 0. The first-order valence-corrected chi connectivity index (χ1v) is 5.48. The number of ether oxygens (including phenoxy) is 1. The molecule has 2 rings (SSSR count). The Morgan fingerprint density at radius 2 is 1.90 bits per heavy atom. The first-order valence-electron chi connectivity index (χ1n) is 5.48. The lowest BCUT2D eigenvalue weighted by Gasteiger charge is -2.08. The number of nitro benzene ring substituents is 1. The quantitative estimate of drug-likeness (QED) is 0.636. The van der Waals surface area contributed by atoms with E-state index in [1.807, 2.05) is 0 Å². The maximum atomic E-state index is 13.7. The van der Waals surface area contributed by atoms with Gasteiger partial charge in [0.05, 0.1) is 4.92 Å². The molecule has 0 N–H and O–H groups in total. The minimum absolute atomic E-state index is 0.0945. The van der Waals surface area contributed by atoms with E-state index in [1.165, 1.54) is 12.1 Å². The molecule has 0 bridgehead atoms. The van der Waals surface area contributed by atoms with Gasteiger partial charge in [0.15, 0.2) is 11.6 Å². The van der Waals surface area contributed by atoms with Crippen LogP contribution in [0, 0.1) is 27.6 Å². The summed E-state index contributed by atoms with van der Waals surface area (Å²) in [5.74, 6) is -3.01. The molecule has 0 radical (unpaired) electrons. The van der Waals surface area contributed by atoms with Crippen molar-refractivity contribution in [2.75, 3.05) is 0 Å². The predicted molar refractivity (Wildman–Crippen MR) is 63.7 cm³/mol. The molecule has 0 saturated carbocycles. The van der Waals surface area contributed by atoms with Crippen LogP contribution in [-0.4, -0.2) is 4.92 Å². The first kappa shape index (κ1) is 13.9. The highest BCUT2D eigenvalue weighted by Gasteiger charge is 2.17. The molecule has 0 aliphatic heterocycles. The Hall–Kier alpha value is -2.57. The molecule has 0 aliphatic carbocycles. The molecule has 0 aromatic heterocycles. The monoisotopic (exact) mass is 283 g/mol. The Labute approximate surface area is 111 Å². The van der Waals surface area contributed by atoms with E-state index >= 15 is 0 Å². The third-order valence-electron chi connectivity index (χ3n) is 2.53. The molecule has 0 saturated heterocycles. The van der Waals surface area contributed by atoms with Crippen LogP contribution in [0.5, 0.6) is 5.75 Å². The van der Waals surface area contributed by atoms with Crippen molar-refractivity contribution in [3.8, 4) is 5.75 Å². The summed E-state index contributed by atoms with van der Waals surface area (Å²) in [6, 6.07) is 6.25. The van der Waals surface area contributed by atoms with E-state index < -0.39 is 34.7 Å². The van der Waals surface area contributed by atoms with Gasteiger partial charge in [-0.25, -0.2) is 8.78 Å². The highest BCUT2D eigenvalue weighted by atomic mass is 19.1. The van der Waals surface area contributed by atoms with E-state index in [0.717, 1.165) is 18.2 Å². The molecule has 0 atom stereocenters. The van der Waals surface area contributed by atoms with Crippen molar-refractivity contribution < 1.29 is 22.8 Å². The highest BCUT2D eigenvalue weighted by Crippen LogP contribution is 2.23. The summed E-state index contributed by atoms with van der Waals surface area (Å²) in [5.41, 5.74) is -0.784. The zero-order chi connectivity index (χ0) is 14.7. The lowest BCUT2D eigenvalue weighted by Crippen LogP contribution is -2.02. The maximum absolute atomic E-state index is 13.7. The van der Waals surface area contributed by atoms with Gasteiger partial charge in [0, 0.05) is 17.7 Å². The van der Waals surface area contributed by atoms with Gasteiger partial charge < -0.3 is 4.74 Å². The Morgan fingerprint density at radius 3 is 2.55 bits per heavy atom. The minimum Gasteiger partial charge on any atom is -0.486 e. The first-order chi connectivity index (χ1) is 9.49. The van der Waals surface area contributed by atoms with Crippen molar-refractivity contribution in [1.29, 1.82) is 0 Å². The second-order valence-electron chi connectivity index (χ2n) is 3.87. The molecule has 0 heterocycles. The average Bonchev–Trinajstić information content (AvgIpc) is 2.39. The molecule has 2 aromatic rings. The minimum atomic E-state index is -1.04. The van der Waals surface area contributed by atoms with Gasteiger partial charge in [-0.2, -0.15) is 4.39 Å². The molecule has 0 fully saturated rings. The normalized spacial score (nSPS) is 10.3. The molecular formula is C13H8F3NO3. The van der Waals surface area contributed by atoms with Gasteiger partial charge in [-0.1, -0.05) is 12.1 Å². The predicted octanol–water partition coefficient (Wildman–Crippen LogP) is 3.59. The molecule has 0 aliphatic rings. The van der Waals surface area contributed by atoms with E-state index in [9.17, 15) is 23.3 Å². The second kappa shape index (κ2) is 5.60. The number of hydrogen-bond donors (Lipinski definition) is 0. The van der Waals surface area contributed by atoms with Crippen LogP contribution in [0.25, 0.3) is 0 Å². The fraction of sp³-hybridized carbons (Fsp3) is 0.0769. The van der Waals surface area contributed by atoms with Crippen LogP contribution in [0.2, 0.25) is 0 Å². The number of rotatable bonds is 4. The van der Waals surface area contributed by atoms with E-state index in [2.05, 4.69) is 0 Å². The molecule has 2 aromatic carbocycles. The fourth-order valence-corrected chi connectivity index (χ4v) is 1.57. The van der Waals surface area contributed by atoms with E-state index in [0.29, 0.717) is 6.07 Å². The molecule has 0 unspecified atom stereocenters. The summed E-state index contributed by atoms with van der Waals surface area (Å²) in [7, 11) is 0. The van der Waals surface area contributed by atoms with Gasteiger partial charge in [-0.05, 0) is 12.1 Å². The number of benzene rings is 2. The summed E-state index contributed by atoms with van der Waals surface area (Å²) in [4.78, 5) is 9.70.